The highest BCUT2D eigenvalue weighted by Crippen LogP contribution is 2.68. The molecule has 2 saturated carbocycles. The summed E-state index contributed by atoms with van der Waals surface area (Å²) in [5, 5.41) is 24.4. The Labute approximate surface area is 255 Å². The molecule has 5 rings (SSSR count). The normalized spacial score (nSPS) is 35.1. The van der Waals surface area contributed by atoms with Crippen LogP contribution >= 0.6 is 0 Å². The second-order valence-electron chi connectivity index (χ2n) is 12.6. The summed E-state index contributed by atoms with van der Waals surface area (Å²) >= 11 is 0. The molecule has 3 fully saturated rings. The van der Waals surface area contributed by atoms with Gasteiger partial charge in [-0.2, -0.15) is 0 Å². The number of rotatable bonds is 7. The lowest BCUT2D eigenvalue weighted by Crippen LogP contribution is -2.83. The smallest absolute Gasteiger partial charge is 0.338 e. The zero-order chi connectivity index (χ0) is 32.1. The van der Waals surface area contributed by atoms with Crippen LogP contribution < -0.4 is 0 Å². The standard InChI is InChI=1S/C33H38O11/c1-19(34)40-18-32-23(42-28(37)21-12-8-6-9-13-21)16-17-31(5,39)33(32)26(36)24(30(3,4)44-33)25(27(32)41-20(2)35)43-29(38)22-14-10-7-11-15-22/h6-15,23-27,36,39H,16-18H2,1-5H3. The quantitative estimate of drug-likeness (QED) is 0.351. The van der Waals surface area contributed by atoms with Crippen molar-refractivity contribution in [3.63, 3.8) is 0 Å². The molecule has 44 heavy (non-hydrogen) atoms. The van der Waals surface area contributed by atoms with Gasteiger partial charge in [0.2, 0.25) is 0 Å². The first-order valence-corrected chi connectivity index (χ1v) is 14.6. The van der Waals surface area contributed by atoms with Crippen LogP contribution in [-0.4, -0.2) is 81.9 Å². The Morgan fingerprint density at radius 2 is 1.39 bits per heavy atom. The minimum Gasteiger partial charge on any atom is -0.465 e. The molecule has 0 aromatic heterocycles. The SMILES string of the molecule is CC(=O)OCC12C(OC(=O)c3ccccc3)CCC(C)(O)C13OC(C)(C)C(C(OC(=O)c1ccccc1)C2OC(C)=O)C3O. The van der Waals surface area contributed by atoms with Crippen molar-refractivity contribution in [1.82, 2.24) is 0 Å². The predicted octanol–water partition coefficient (Wildman–Crippen LogP) is 3.00. The molecule has 2 bridgehead atoms. The fraction of sp³-hybridized carbons (Fsp3) is 0.515. The number of aliphatic hydroxyl groups is 2. The van der Waals surface area contributed by atoms with Crippen LogP contribution in [0, 0.1) is 11.3 Å². The van der Waals surface area contributed by atoms with Crippen molar-refractivity contribution in [1.29, 1.82) is 0 Å². The Morgan fingerprint density at radius 3 is 1.91 bits per heavy atom. The van der Waals surface area contributed by atoms with Crippen molar-refractivity contribution in [2.45, 2.75) is 88.7 Å². The van der Waals surface area contributed by atoms with Crippen LogP contribution in [0.4, 0.5) is 0 Å². The molecule has 2 aromatic rings. The molecule has 1 saturated heterocycles. The molecule has 1 spiro atoms. The number of hydrogen-bond acceptors (Lipinski definition) is 11. The number of benzene rings is 2. The summed E-state index contributed by atoms with van der Waals surface area (Å²) in [5.74, 6) is -4.03. The molecule has 2 aromatic carbocycles. The van der Waals surface area contributed by atoms with E-state index >= 15 is 0 Å². The van der Waals surface area contributed by atoms with Gasteiger partial charge in [-0.25, -0.2) is 9.59 Å². The third-order valence-electron chi connectivity index (χ3n) is 9.42. The Morgan fingerprint density at radius 1 is 0.841 bits per heavy atom. The van der Waals surface area contributed by atoms with Crippen LogP contribution in [0.25, 0.3) is 0 Å². The summed E-state index contributed by atoms with van der Waals surface area (Å²) < 4.78 is 30.5. The molecule has 8 unspecified atom stereocenters. The van der Waals surface area contributed by atoms with Crippen molar-refractivity contribution in [2.24, 2.45) is 11.3 Å². The van der Waals surface area contributed by atoms with Gasteiger partial charge in [-0.3, -0.25) is 9.59 Å². The maximum atomic E-state index is 13.5. The minimum absolute atomic E-state index is 0.00266. The Kier molecular flexibility index (Phi) is 8.11. The van der Waals surface area contributed by atoms with Crippen molar-refractivity contribution in [3.05, 3.63) is 71.8 Å². The van der Waals surface area contributed by atoms with Crippen molar-refractivity contribution < 1.29 is 53.1 Å². The topological polar surface area (TPSA) is 155 Å². The maximum Gasteiger partial charge on any atom is 0.338 e. The molecule has 11 nitrogen and oxygen atoms in total. The van der Waals surface area contributed by atoms with Crippen LogP contribution in [0.15, 0.2) is 60.7 Å². The lowest BCUT2D eigenvalue weighted by molar-refractivity contribution is -0.347. The average Bonchev–Trinajstić information content (AvgIpc) is 3.15. The predicted molar refractivity (Wildman–Crippen MR) is 153 cm³/mol. The third kappa shape index (κ3) is 4.87. The molecule has 2 N–H and O–H groups in total. The number of carbonyl (C=O) groups is 4. The van der Waals surface area contributed by atoms with E-state index in [-0.39, 0.29) is 24.0 Å². The molecule has 8 atom stereocenters. The highest BCUT2D eigenvalue weighted by molar-refractivity contribution is 5.90. The first-order valence-electron chi connectivity index (χ1n) is 14.6. The van der Waals surface area contributed by atoms with Gasteiger partial charge in [0.1, 0.15) is 29.8 Å². The lowest BCUT2D eigenvalue weighted by Gasteiger charge is -2.65. The molecule has 11 heteroatoms. The van der Waals surface area contributed by atoms with Crippen molar-refractivity contribution in [2.75, 3.05) is 6.61 Å². The largest absolute Gasteiger partial charge is 0.465 e. The van der Waals surface area contributed by atoms with Crippen molar-refractivity contribution >= 4 is 23.9 Å². The van der Waals surface area contributed by atoms with Gasteiger partial charge in [0, 0.05) is 13.8 Å². The maximum absolute atomic E-state index is 13.5. The molecular formula is C33H38O11. The minimum atomic E-state index is -2.01. The summed E-state index contributed by atoms with van der Waals surface area (Å²) in [6.45, 7) is 6.54. The molecule has 0 radical (unpaired) electrons. The van der Waals surface area contributed by atoms with Gasteiger partial charge in [0.05, 0.1) is 34.4 Å². The van der Waals surface area contributed by atoms with Crippen molar-refractivity contribution in [3.8, 4) is 0 Å². The molecule has 3 aliphatic rings. The van der Waals surface area contributed by atoms with E-state index in [1.165, 1.54) is 13.8 Å². The average molecular weight is 611 g/mol. The number of hydrogen-bond donors (Lipinski definition) is 2. The first-order chi connectivity index (χ1) is 20.7. The van der Waals surface area contributed by atoms with Crippen LogP contribution in [0.2, 0.25) is 0 Å². The number of carbonyl (C=O) groups excluding carboxylic acids is 4. The molecule has 0 amide bonds. The Balaban J connectivity index is 1.75. The van der Waals surface area contributed by atoms with E-state index in [0.29, 0.717) is 0 Å². The monoisotopic (exact) mass is 610 g/mol. The van der Waals surface area contributed by atoms with E-state index in [2.05, 4.69) is 0 Å². The molecular weight excluding hydrogens is 572 g/mol. The number of esters is 4. The van der Waals surface area contributed by atoms with Gasteiger partial charge in [-0.15, -0.1) is 0 Å². The van der Waals surface area contributed by atoms with E-state index < -0.39 is 83.0 Å². The summed E-state index contributed by atoms with van der Waals surface area (Å²) in [6.07, 6.45) is -5.67. The zero-order valence-electron chi connectivity index (χ0n) is 25.4. The van der Waals surface area contributed by atoms with Gasteiger partial charge < -0.3 is 33.9 Å². The summed E-state index contributed by atoms with van der Waals surface area (Å²) in [5.41, 5.74) is -6.64. The second kappa shape index (κ2) is 11.3. The molecule has 236 valence electrons. The van der Waals surface area contributed by atoms with E-state index in [1.807, 2.05) is 0 Å². The third-order valence-corrected chi connectivity index (χ3v) is 9.42. The van der Waals surface area contributed by atoms with Crippen LogP contribution in [-0.2, 0) is 33.3 Å². The fourth-order valence-electron chi connectivity index (χ4n) is 7.71. The van der Waals surface area contributed by atoms with Crippen LogP contribution in [0.1, 0.15) is 68.2 Å². The molecule has 2 aliphatic carbocycles. The van der Waals surface area contributed by atoms with E-state index in [9.17, 15) is 29.4 Å². The molecule has 1 heterocycles. The fourth-order valence-corrected chi connectivity index (χ4v) is 7.71. The van der Waals surface area contributed by atoms with Gasteiger partial charge in [0.25, 0.3) is 0 Å². The molecule has 1 aliphatic heterocycles. The number of ether oxygens (including phenoxy) is 5. The lowest BCUT2D eigenvalue weighted by atomic mass is 9.46. The summed E-state index contributed by atoms with van der Waals surface area (Å²) in [7, 11) is 0. The summed E-state index contributed by atoms with van der Waals surface area (Å²) in [4.78, 5) is 52.2. The number of fused-ring (bicyclic) bond motifs is 1. The van der Waals surface area contributed by atoms with Gasteiger partial charge in [-0.05, 0) is 57.9 Å². The highest BCUT2D eigenvalue weighted by Gasteiger charge is 2.86. The van der Waals surface area contributed by atoms with Crippen LogP contribution in [0.5, 0.6) is 0 Å². The highest BCUT2D eigenvalue weighted by atomic mass is 16.6. The van der Waals surface area contributed by atoms with Gasteiger partial charge >= 0.3 is 23.9 Å². The zero-order valence-corrected chi connectivity index (χ0v) is 25.4. The first kappa shape index (κ1) is 31.6. The Hall–Kier alpha value is -3.80. The van der Waals surface area contributed by atoms with E-state index in [1.54, 1.807) is 74.5 Å². The van der Waals surface area contributed by atoms with E-state index in [0.717, 1.165) is 6.92 Å². The van der Waals surface area contributed by atoms with Gasteiger partial charge in [0.15, 0.2) is 6.10 Å². The number of aliphatic hydroxyl groups excluding tert-OH is 1. The van der Waals surface area contributed by atoms with E-state index in [4.69, 9.17) is 23.7 Å². The summed E-state index contributed by atoms with van der Waals surface area (Å²) in [6, 6.07) is 16.3. The second-order valence-corrected chi connectivity index (χ2v) is 12.6. The Bertz CT molecular complexity index is 1420. The van der Waals surface area contributed by atoms with Gasteiger partial charge in [-0.1, -0.05) is 36.4 Å². The van der Waals surface area contributed by atoms with Crippen LogP contribution in [0.3, 0.4) is 0 Å².